The third-order valence-electron chi connectivity index (χ3n) is 3.95. The number of aromatic nitrogens is 2. The van der Waals surface area contributed by atoms with Crippen LogP contribution >= 0.6 is 11.3 Å². The Morgan fingerprint density at radius 1 is 1.41 bits per heavy atom. The highest BCUT2D eigenvalue weighted by Crippen LogP contribution is 2.30. The van der Waals surface area contributed by atoms with Crippen LogP contribution in [0, 0.1) is 0 Å². The molecule has 0 aliphatic carbocycles. The fourth-order valence-electron chi connectivity index (χ4n) is 2.47. The van der Waals surface area contributed by atoms with Crippen LogP contribution in [0.5, 0.6) is 0 Å². The Bertz CT molecular complexity index is 742. The molecule has 0 aliphatic rings. The number of hydrogen-bond acceptors (Lipinski definition) is 4. The van der Waals surface area contributed by atoms with Crippen molar-refractivity contribution in [3.05, 3.63) is 53.2 Å². The minimum Gasteiger partial charge on any atom is -0.384 e. The van der Waals surface area contributed by atoms with E-state index in [0.717, 1.165) is 5.56 Å². The van der Waals surface area contributed by atoms with Crippen LogP contribution in [0.1, 0.15) is 30.3 Å². The molecule has 0 fully saturated rings. The van der Waals surface area contributed by atoms with Gasteiger partial charge in [-0.05, 0) is 31.4 Å². The first-order valence-electron chi connectivity index (χ1n) is 7.39. The molecule has 0 spiro atoms. The van der Waals surface area contributed by atoms with Crippen LogP contribution in [-0.4, -0.2) is 21.4 Å². The van der Waals surface area contributed by atoms with E-state index in [1.54, 1.807) is 22.2 Å². The highest BCUT2D eigenvalue weighted by Gasteiger charge is 2.25. The summed E-state index contributed by atoms with van der Waals surface area (Å²) in [4.78, 5) is 1.28. The van der Waals surface area contributed by atoms with Gasteiger partial charge < -0.3 is 10.4 Å². The van der Waals surface area contributed by atoms with Crippen LogP contribution < -0.4 is 5.32 Å². The molecule has 1 aromatic carbocycles. The van der Waals surface area contributed by atoms with Crippen molar-refractivity contribution in [3.8, 4) is 0 Å². The topological polar surface area (TPSA) is 50.1 Å². The summed E-state index contributed by atoms with van der Waals surface area (Å²) in [5.41, 5.74) is -0.106. The number of benzene rings is 1. The zero-order chi connectivity index (χ0) is 15.7. The first kappa shape index (κ1) is 15.2. The molecule has 0 bridgehead atoms. The summed E-state index contributed by atoms with van der Waals surface area (Å²) in [7, 11) is 1.85. The Kier molecular flexibility index (Phi) is 4.04. The summed E-state index contributed by atoms with van der Waals surface area (Å²) in [5.74, 6) is 0. The number of rotatable bonds is 5. The van der Waals surface area contributed by atoms with Crippen molar-refractivity contribution >= 4 is 21.4 Å². The lowest BCUT2D eigenvalue weighted by atomic mass is 9.99. The van der Waals surface area contributed by atoms with Crippen LogP contribution in [0.15, 0.2) is 42.7 Å². The maximum atomic E-state index is 10.6. The highest BCUT2D eigenvalue weighted by molar-refractivity contribution is 7.19. The molecule has 22 heavy (non-hydrogen) atoms. The SMILES string of the molecule is C[C@H](NC[C@](C)(O)c1cnn(C)c1)c1cc2ccccc2s1. The Morgan fingerprint density at radius 2 is 2.18 bits per heavy atom. The fraction of sp³-hybridized carbons (Fsp3) is 0.353. The fourth-order valence-corrected chi connectivity index (χ4v) is 3.56. The van der Waals surface area contributed by atoms with Crippen LogP contribution in [0.3, 0.4) is 0 Å². The Balaban J connectivity index is 1.70. The molecule has 0 unspecified atom stereocenters. The quantitative estimate of drug-likeness (QED) is 0.760. The van der Waals surface area contributed by atoms with Gasteiger partial charge in [0.1, 0.15) is 5.60 Å². The number of aliphatic hydroxyl groups is 1. The van der Waals surface area contributed by atoms with Gasteiger partial charge in [-0.3, -0.25) is 4.68 Å². The predicted octanol–water partition coefficient (Wildman–Crippen LogP) is 3.19. The van der Waals surface area contributed by atoms with Gasteiger partial charge in [0, 0.05) is 41.0 Å². The summed E-state index contributed by atoms with van der Waals surface area (Å²) in [6.07, 6.45) is 3.57. The molecule has 2 aromatic heterocycles. The molecule has 4 nitrogen and oxygen atoms in total. The largest absolute Gasteiger partial charge is 0.384 e. The van der Waals surface area contributed by atoms with Gasteiger partial charge in [-0.2, -0.15) is 5.10 Å². The minimum atomic E-state index is -0.931. The summed E-state index contributed by atoms with van der Waals surface area (Å²) >= 11 is 1.80. The van der Waals surface area contributed by atoms with Crippen molar-refractivity contribution in [2.75, 3.05) is 6.54 Å². The van der Waals surface area contributed by atoms with Gasteiger partial charge in [0.25, 0.3) is 0 Å². The van der Waals surface area contributed by atoms with Crippen LogP contribution in [0.4, 0.5) is 0 Å². The van der Waals surface area contributed by atoms with Crippen LogP contribution in [0.2, 0.25) is 0 Å². The molecule has 3 aromatic rings. The Labute approximate surface area is 134 Å². The summed E-state index contributed by atoms with van der Waals surface area (Å²) < 4.78 is 3.00. The van der Waals surface area contributed by atoms with Gasteiger partial charge >= 0.3 is 0 Å². The second-order valence-corrected chi connectivity index (χ2v) is 7.08. The first-order valence-corrected chi connectivity index (χ1v) is 8.21. The maximum absolute atomic E-state index is 10.6. The van der Waals surface area contributed by atoms with Crippen molar-refractivity contribution in [1.29, 1.82) is 0 Å². The van der Waals surface area contributed by atoms with Crippen LogP contribution in [-0.2, 0) is 12.6 Å². The van der Waals surface area contributed by atoms with Gasteiger partial charge in [-0.1, -0.05) is 18.2 Å². The second-order valence-electron chi connectivity index (χ2n) is 5.97. The second kappa shape index (κ2) is 5.83. The molecule has 2 heterocycles. The monoisotopic (exact) mass is 315 g/mol. The van der Waals surface area contributed by atoms with Gasteiger partial charge in [-0.15, -0.1) is 11.3 Å². The van der Waals surface area contributed by atoms with E-state index in [4.69, 9.17) is 0 Å². The summed E-state index contributed by atoms with van der Waals surface area (Å²) in [6, 6.07) is 10.8. The average Bonchev–Trinajstić information content (AvgIpc) is 3.11. The minimum absolute atomic E-state index is 0.195. The molecular weight excluding hydrogens is 294 g/mol. The molecule has 2 atom stereocenters. The van der Waals surface area contributed by atoms with Crippen molar-refractivity contribution in [1.82, 2.24) is 15.1 Å². The maximum Gasteiger partial charge on any atom is 0.102 e. The van der Waals surface area contributed by atoms with Gasteiger partial charge in [0.15, 0.2) is 0 Å². The van der Waals surface area contributed by atoms with Gasteiger partial charge in [0.05, 0.1) is 6.20 Å². The Hall–Kier alpha value is -1.69. The van der Waals surface area contributed by atoms with E-state index in [2.05, 4.69) is 47.7 Å². The van der Waals surface area contributed by atoms with E-state index >= 15 is 0 Å². The van der Waals surface area contributed by atoms with E-state index in [0.29, 0.717) is 6.54 Å². The van der Waals surface area contributed by atoms with E-state index < -0.39 is 5.60 Å². The molecular formula is C17H21N3OS. The number of thiophene rings is 1. The average molecular weight is 315 g/mol. The van der Waals surface area contributed by atoms with E-state index in [9.17, 15) is 5.11 Å². The van der Waals surface area contributed by atoms with E-state index in [1.807, 2.05) is 20.2 Å². The van der Waals surface area contributed by atoms with Gasteiger partial charge in [0.2, 0.25) is 0 Å². The standard InChI is InChI=1S/C17H21N3OS/c1-12(16-8-13-6-4-5-7-15(13)22-16)18-11-17(2,21)14-9-19-20(3)10-14/h4-10,12,18,21H,11H2,1-3H3/t12-,17-/m0/s1. The Morgan fingerprint density at radius 3 is 2.86 bits per heavy atom. The molecule has 0 radical (unpaired) electrons. The number of aryl methyl sites for hydroxylation is 1. The number of nitrogens with zero attached hydrogens (tertiary/aromatic N) is 2. The summed E-state index contributed by atoms with van der Waals surface area (Å²) in [5, 5.41) is 19.5. The van der Waals surface area contributed by atoms with Gasteiger partial charge in [-0.25, -0.2) is 0 Å². The molecule has 2 N–H and O–H groups in total. The normalized spacial score (nSPS) is 15.8. The molecule has 0 saturated carbocycles. The molecule has 0 amide bonds. The number of hydrogen-bond donors (Lipinski definition) is 2. The molecule has 0 aliphatic heterocycles. The lowest BCUT2D eigenvalue weighted by Gasteiger charge is -2.24. The smallest absolute Gasteiger partial charge is 0.102 e. The van der Waals surface area contributed by atoms with Crippen molar-refractivity contribution in [2.24, 2.45) is 7.05 Å². The summed E-state index contributed by atoms with van der Waals surface area (Å²) in [6.45, 7) is 4.42. The van der Waals surface area contributed by atoms with E-state index in [-0.39, 0.29) is 6.04 Å². The molecule has 116 valence electrons. The predicted molar refractivity (Wildman–Crippen MR) is 91.0 cm³/mol. The lowest BCUT2D eigenvalue weighted by Crippen LogP contribution is -2.36. The third-order valence-corrected chi connectivity index (χ3v) is 5.25. The highest BCUT2D eigenvalue weighted by atomic mass is 32.1. The number of fused-ring (bicyclic) bond motifs is 1. The molecule has 5 heteroatoms. The third kappa shape index (κ3) is 3.06. The molecule has 3 rings (SSSR count). The zero-order valence-electron chi connectivity index (χ0n) is 13.1. The number of nitrogens with one attached hydrogen (secondary N) is 1. The van der Waals surface area contributed by atoms with E-state index in [1.165, 1.54) is 15.0 Å². The van der Waals surface area contributed by atoms with Crippen molar-refractivity contribution in [2.45, 2.75) is 25.5 Å². The van der Waals surface area contributed by atoms with Crippen molar-refractivity contribution in [3.63, 3.8) is 0 Å². The zero-order valence-corrected chi connectivity index (χ0v) is 13.9. The lowest BCUT2D eigenvalue weighted by molar-refractivity contribution is 0.0544. The van der Waals surface area contributed by atoms with Crippen LogP contribution in [0.25, 0.3) is 10.1 Å². The first-order chi connectivity index (χ1) is 10.5. The molecule has 0 saturated heterocycles. The van der Waals surface area contributed by atoms with Crippen molar-refractivity contribution < 1.29 is 5.11 Å².